The molecule has 2 N–H and O–H groups in total. The van der Waals surface area contributed by atoms with Crippen LogP contribution >= 0.6 is 0 Å². The molecule has 0 aromatic heterocycles. The molecule has 0 bridgehead atoms. The van der Waals surface area contributed by atoms with Crippen LogP contribution in [-0.4, -0.2) is 55.9 Å². The molecule has 1 saturated carbocycles. The quantitative estimate of drug-likeness (QED) is 0.779. The van der Waals surface area contributed by atoms with E-state index in [0.29, 0.717) is 0 Å². The van der Waals surface area contributed by atoms with Crippen molar-refractivity contribution in [2.45, 2.75) is 25.4 Å². The first-order valence-electron chi connectivity index (χ1n) is 8.49. The smallest absolute Gasteiger partial charge is 0.223 e. The molecule has 1 aromatic rings. The van der Waals surface area contributed by atoms with Gasteiger partial charge in [0.05, 0.1) is 14.2 Å². The molecule has 24 heavy (non-hydrogen) atoms. The molecule has 1 heterocycles. The zero-order valence-electron chi connectivity index (χ0n) is 14.3. The molecule has 2 aliphatic rings. The number of rotatable bonds is 7. The lowest BCUT2D eigenvalue weighted by atomic mass is 10.1. The maximum absolute atomic E-state index is 12.0. The van der Waals surface area contributed by atoms with Gasteiger partial charge in [-0.2, -0.15) is 0 Å². The van der Waals surface area contributed by atoms with E-state index in [1.54, 1.807) is 14.2 Å². The number of carbonyl (C=O) groups is 1. The predicted octanol–water partition coefficient (Wildman–Crippen LogP) is 1.02. The normalized spacial score (nSPS) is 24.0. The Morgan fingerprint density at radius 3 is 2.71 bits per heavy atom. The number of carbonyl (C=O) groups excluding carboxylic acids is 1. The van der Waals surface area contributed by atoms with E-state index < -0.39 is 0 Å². The van der Waals surface area contributed by atoms with Crippen LogP contribution in [0, 0.1) is 11.8 Å². The number of hydrogen-bond acceptors (Lipinski definition) is 5. The van der Waals surface area contributed by atoms with E-state index in [-0.39, 0.29) is 30.4 Å². The van der Waals surface area contributed by atoms with Crippen LogP contribution in [0.1, 0.15) is 18.4 Å². The van der Waals surface area contributed by atoms with E-state index in [1.807, 2.05) is 18.2 Å². The minimum atomic E-state index is 0.0207. The largest absolute Gasteiger partial charge is 0.497 e. The van der Waals surface area contributed by atoms with Gasteiger partial charge in [0.2, 0.25) is 5.91 Å². The predicted molar refractivity (Wildman–Crippen MR) is 90.1 cm³/mol. The molecule has 1 amide bonds. The summed E-state index contributed by atoms with van der Waals surface area (Å²) in [4.78, 5) is 14.3. The van der Waals surface area contributed by atoms with E-state index >= 15 is 0 Å². The Morgan fingerprint density at radius 2 is 2.08 bits per heavy atom. The third-order valence-corrected chi connectivity index (χ3v) is 4.92. The molecule has 0 spiro atoms. The highest BCUT2D eigenvalue weighted by Gasteiger charge is 2.37. The molecule has 1 saturated heterocycles. The van der Waals surface area contributed by atoms with Crippen molar-refractivity contribution in [3.8, 4) is 11.5 Å². The lowest BCUT2D eigenvalue weighted by molar-refractivity contribution is -0.123. The molecule has 132 valence electrons. The van der Waals surface area contributed by atoms with E-state index in [9.17, 15) is 9.90 Å². The highest BCUT2D eigenvalue weighted by Crippen LogP contribution is 2.31. The third-order valence-electron chi connectivity index (χ3n) is 4.92. The second kappa shape index (κ2) is 7.40. The summed E-state index contributed by atoms with van der Waals surface area (Å²) in [5.74, 6) is 1.97. The molecule has 2 atom stereocenters. The molecule has 6 heteroatoms. The number of aliphatic hydroxyl groups excluding tert-OH is 1. The van der Waals surface area contributed by atoms with E-state index in [1.165, 1.54) is 0 Å². The number of ether oxygens (including phenoxy) is 2. The summed E-state index contributed by atoms with van der Waals surface area (Å²) >= 11 is 0. The molecule has 1 aromatic carbocycles. The Labute approximate surface area is 142 Å². The summed E-state index contributed by atoms with van der Waals surface area (Å²) < 4.78 is 10.7. The van der Waals surface area contributed by atoms with Crippen LogP contribution in [0.25, 0.3) is 0 Å². The Kier molecular flexibility index (Phi) is 5.26. The van der Waals surface area contributed by atoms with Gasteiger partial charge < -0.3 is 19.9 Å². The van der Waals surface area contributed by atoms with Crippen molar-refractivity contribution in [1.29, 1.82) is 0 Å². The summed E-state index contributed by atoms with van der Waals surface area (Å²) in [5, 5.41) is 12.7. The highest BCUT2D eigenvalue weighted by molar-refractivity contribution is 5.81. The minimum Gasteiger partial charge on any atom is -0.497 e. The van der Waals surface area contributed by atoms with Crippen LogP contribution in [0.15, 0.2) is 18.2 Å². The van der Waals surface area contributed by atoms with Crippen molar-refractivity contribution >= 4 is 5.91 Å². The Balaban J connectivity index is 1.64. The van der Waals surface area contributed by atoms with Gasteiger partial charge in [0.1, 0.15) is 11.5 Å². The van der Waals surface area contributed by atoms with Gasteiger partial charge in [-0.15, -0.1) is 0 Å². The Morgan fingerprint density at radius 1 is 1.29 bits per heavy atom. The zero-order chi connectivity index (χ0) is 17.1. The highest BCUT2D eigenvalue weighted by atomic mass is 16.5. The summed E-state index contributed by atoms with van der Waals surface area (Å²) in [5.41, 5.74) is 1.07. The molecular formula is C18H26N2O4. The number of nitrogens with one attached hydrogen (secondary N) is 1. The minimum absolute atomic E-state index is 0.0207. The maximum atomic E-state index is 12.0. The summed E-state index contributed by atoms with van der Waals surface area (Å²) in [7, 11) is 3.28. The number of hydrogen-bond donors (Lipinski definition) is 2. The molecular weight excluding hydrogens is 308 g/mol. The van der Waals surface area contributed by atoms with E-state index in [2.05, 4.69) is 10.2 Å². The number of methoxy groups -OCH3 is 2. The number of likely N-dealkylation sites (tertiary alicyclic amines) is 1. The summed E-state index contributed by atoms with van der Waals surface area (Å²) in [6, 6.07) is 5.82. The zero-order valence-corrected chi connectivity index (χ0v) is 14.3. The van der Waals surface area contributed by atoms with Crippen molar-refractivity contribution in [2.75, 3.05) is 33.9 Å². The molecule has 1 aliphatic heterocycles. The monoisotopic (exact) mass is 334 g/mol. The van der Waals surface area contributed by atoms with Gasteiger partial charge in [0, 0.05) is 55.7 Å². The van der Waals surface area contributed by atoms with Crippen molar-refractivity contribution < 1.29 is 19.4 Å². The van der Waals surface area contributed by atoms with E-state index in [4.69, 9.17) is 9.47 Å². The van der Waals surface area contributed by atoms with Crippen molar-refractivity contribution in [3.05, 3.63) is 23.8 Å². The summed E-state index contributed by atoms with van der Waals surface area (Å²) in [6.45, 7) is 2.32. The molecule has 2 fully saturated rings. The lowest BCUT2D eigenvalue weighted by Crippen LogP contribution is -2.42. The van der Waals surface area contributed by atoms with Crippen molar-refractivity contribution in [1.82, 2.24) is 10.2 Å². The SMILES string of the molecule is COc1ccc(CN2C[C@@H](CO)[C@H](NC(=O)C3CC3)C2)c(OC)c1. The van der Waals surface area contributed by atoms with Gasteiger partial charge >= 0.3 is 0 Å². The van der Waals surface area contributed by atoms with E-state index in [0.717, 1.165) is 49.5 Å². The lowest BCUT2D eigenvalue weighted by Gasteiger charge is -2.19. The van der Waals surface area contributed by atoms with Gasteiger partial charge in [-0.3, -0.25) is 9.69 Å². The first-order chi connectivity index (χ1) is 11.6. The first-order valence-corrected chi connectivity index (χ1v) is 8.49. The van der Waals surface area contributed by atoms with Crippen LogP contribution in [0.4, 0.5) is 0 Å². The topological polar surface area (TPSA) is 71.0 Å². The number of nitrogens with zero attached hydrogens (tertiary/aromatic N) is 1. The fourth-order valence-electron chi connectivity index (χ4n) is 3.31. The number of aliphatic hydroxyl groups is 1. The fraction of sp³-hybridized carbons (Fsp3) is 0.611. The standard InChI is InChI=1S/C18H26N2O4/c1-23-15-6-5-13(17(7-15)24-2)8-20-9-14(11-21)16(10-20)19-18(22)12-3-4-12/h5-7,12,14,16,21H,3-4,8-11H2,1-2H3,(H,19,22)/t14-,16+/m0/s1. The maximum Gasteiger partial charge on any atom is 0.223 e. The van der Waals surface area contributed by atoms with Gasteiger partial charge in [0.25, 0.3) is 0 Å². The average molecular weight is 334 g/mol. The second-order valence-corrected chi connectivity index (χ2v) is 6.70. The summed E-state index contributed by atoms with van der Waals surface area (Å²) in [6.07, 6.45) is 1.99. The van der Waals surface area contributed by atoms with Gasteiger partial charge in [-0.25, -0.2) is 0 Å². The van der Waals surface area contributed by atoms with Gasteiger partial charge in [-0.05, 0) is 18.9 Å². The number of amides is 1. The molecule has 0 radical (unpaired) electrons. The molecule has 6 nitrogen and oxygen atoms in total. The average Bonchev–Trinajstić information content (AvgIpc) is 3.38. The van der Waals surface area contributed by atoms with Crippen LogP contribution in [-0.2, 0) is 11.3 Å². The fourth-order valence-corrected chi connectivity index (χ4v) is 3.31. The van der Waals surface area contributed by atoms with Crippen LogP contribution in [0.2, 0.25) is 0 Å². The van der Waals surface area contributed by atoms with Crippen LogP contribution < -0.4 is 14.8 Å². The Bertz CT molecular complexity index is 588. The van der Waals surface area contributed by atoms with Gasteiger partial charge in [0.15, 0.2) is 0 Å². The van der Waals surface area contributed by atoms with Crippen molar-refractivity contribution in [3.63, 3.8) is 0 Å². The first kappa shape index (κ1) is 17.0. The molecule has 3 rings (SSSR count). The molecule has 0 unspecified atom stereocenters. The second-order valence-electron chi connectivity index (χ2n) is 6.70. The van der Waals surface area contributed by atoms with Gasteiger partial charge in [-0.1, -0.05) is 6.07 Å². The Hall–Kier alpha value is -1.79. The number of benzene rings is 1. The third kappa shape index (κ3) is 3.82. The molecule has 1 aliphatic carbocycles. The van der Waals surface area contributed by atoms with Crippen LogP contribution in [0.5, 0.6) is 11.5 Å². The van der Waals surface area contributed by atoms with Crippen LogP contribution in [0.3, 0.4) is 0 Å². The van der Waals surface area contributed by atoms with Crippen molar-refractivity contribution in [2.24, 2.45) is 11.8 Å².